The van der Waals surface area contributed by atoms with Crippen molar-refractivity contribution in [3.05, 3.63) is 30.1 Å². The largest absolute Gasteiger partial charge is 0.377 e. The predicted octanol–water partition coefficient (Wildman–Crippen LogP) is 1.39. The van der Waals surface area contributed by atoms with E-state index in [4.69, 9.17) is 9.47 Å². The highest BCUT2D eigenvalue weighted by Gasteiger charge is 2.43. The van der Waals surface area contributed by atoms with Gasteiger partial charge in [0, 0.05) is 38.6 Å². The van der Waals surface area contributed by atoms with Crippen LogP contribution in [0.15, 0.2) is 24.5 Å². The molecule has 1 aromatic rings. The number of rotatable bonds is 4. The van der Waals surface area contributed by atoms with Crippen molar-refractivity contribution in [2.45, 2.75) is 31.1 Å². The van der Waals surface area contributed by atoms with E-state index >= 15 is 0 Å². The first kappa shape index (κ1) is 15.9. The van der Waals surface area contributed by atoms with Crippen LogP contribution in [0.25, 0.3) is 0 Å². The SMILES string of the molecule is CN(C)C[C@H]1CC[C@@]2(COCCN(Cc3cccnc3)C2)O1. The highest BCUT2D eigenvalue weighted by atomic mass is 16.6. The van der Waals surface area contributed by atoms with E-state index in [1.807, 2.05) is 18.5 Å². The van der Waals surface area contributed by atoms with Crippen LogP contribution < -0.4 is 0 Å². The van der Waals surface area contributed by atoms with Gasteiger partial charge in [-0.25, -0.2) is 0 Å². The van der Waals surface area contributed by atoms with Crippen molar-refractivity contribution in [2.24, 2.45) is 0 Å². The maximum Gasteiger partial charge on any atom is 0.105 e. The van der Waals surface area contributed by atoms with Crippen molar-refractivity contribution >= 4 is 0 Å². The topological polar surface area (TPSA) is 37.8 Å². The third kappa shape index (κ3) is 4.04. The van der Waals surface area contributed by atoms with Gasteiger partial charge in [-0.15, -0.1) is 0 Å². The van der Waals surface area contributed by atoms with Crippen molar-refractivity contribution in [3.8, 4) is 0 Å². The molecule has 0 aliphatic carbocycles. The predicted molar refractivity (Wildman–Crippen MR) is 85.7 cm³/mol. The van der Waals surface area contributed by atoms with Crippen LogP contribution >= 0.6 is 0 Å². The number of aromatic nitrogens is 1. The number of hydrogen-bond acceptors (Lipinski definition) is 5. The fraction of sp³-hybridized carbons (Fsp3) is 0.706. The monoisotopic (exact) mass is 305 g/mol. The second-order valence-electron chi connectivity index (χ2n) is 6.85. The van der Waals surface area contributed by atoms with E-state index in [1.54, 1.807) is 0 Å². The zero-order valence-electron chi connectivity index (χ0n) is 13.7. The van der Waals surface area contributed by atoms with Gasteiger partial charge in [0.25, 0.3) is 0 Å². The van der Waals surface area contributed by atoms with E-state index in [-0.39, 0.29) is 5.60 Å². The Morgan fingerprint density at radius 1 is 1.45 bits per heavy atom. The molecule has 2 fully saturated rings. The summed E-state index contributed by atoms with van der Waals surface area (Å²) >= 11 is 0. The number of likely N-dealkylation sites (N-methyl/N-ethyl adjacent to an activating group) is 1. The van der Waals surface area contributed by atoms with Gasteiger partial charge in [-0.3, -0.25) is 9.88 Å². The lowest BCUT2D eigenvalue weighted by molar-refractivity contribution is -0.0902. The van der Waals surface area contributed by atoms with E-state index in [0.717, 1.165) is 52.2 Å². The first-order valence-corrected chi connectivity index (χ1v) is 8.17. The average Bonchev–Trinajstić information content (AvgIpc) is 2.75. The van der Waals surface area contributed by atoms with E-state index in [1.165, 1.54) is 5.56 Å². The van der Waals surface area contributed by atoms with Gasteiger partial charge in [0.05, 0.1) is 19.3 Å². The van der Waals surface area contributed by atoms with Crippen LogP contribution in [-0.4, -0.2) is 73.4 Å². The second kappa shape index (κ2) is 7.04. The van der Waals surface area contributed by atoms with Crippen LogP contribution in [-0.2, 0) is 16.0 Å². The van der Waals surface area contributed by atoms with Gasteiger partial charge in [0.15, 0.2) is 0 Å². The third-order valence-electron chi connectivity index (χ3n) is 4.47. The van der Waals surface area contributed by atoms with E-state index in [2.05, 4.69) is 34.9 Å². The smallest absolute Gasteiger partial charge is 0.105 e. The number of nitrogens with zero attached hydrogens (tertiary/aromatic N) is 3. The number of hydrogen-bond donors (Lipinski definition) is 0. The molecule has 0 bridgehead atoms. The van der Waals surface area contributed by atoms with Gasteiger partial charge in [-0.05, 0) is 38.6 Å². The molecule has 0 unspecified atom stereocenters. The van der Waals surface area contributed by atoms with Crippen LogP contribution in [0.4, 0.5) is 0 Å². The Morgan fingerprint density at radius 2 is 2.36 bits per heavy atom. The van der Waals surface area contributed by atoms with Crippen LogP contribution in [0.2, 0.25) is 0 Å². The Bertz CT molecular complexity index is 468. The molecule has 0 amide bonds. The Hall–Kier alpha value is -1.01. The third-order valence-corrected chi connectivity index (χ3v) is 4.47. The van der Waals surface area contributed by atoms with Gasteiger partial charge in [0.2, 0.25) is 0 Å². The molecular weight excluding hydrogens is 278 g/mol. The molecule has 2 atom stereocenters. The average molecular weight is 305 g/mol. The summed E-state index contributed by atoms with van der Waals surface area (Å²) in [6.07, 6.45) is 6.32. The lowest BCUT2D eigenvalue weighted by Gasteiger charge is -2.32. The number of pyridine rings is 1. The second-order valence-corrected chi connectivity index (χ2v) is 6.85. The fourth-order valence-electron chi connectivity index (χ4n) is 3.52. The first-order valence-electron chi connectivity index (χ1n) is 8.17. The Balaban J connectivity index is 1.63. The molecule has 3 heterocycles. The lowest BCUT2D eigenvalue weighted by atomic mass is 10.00. The maximum absolute atomic E-state index is 6.42. The molecule has 0 aromatic carbocycles. The summed E-state index contributed by atoms with van der Waals surface area (Å²) in [5.41, 5.74) is 1.13. The number of ether oxygens (including phenoxy) is 2. The van der Waals surface area contributed by atoms with Crippen molar-refractivity contribution in [2.75, 3.05) is 46.9 Å². The Labute approximate surface area is 133 Å². The zero-order chi connectivity index (χ0) is 15.4. The summed E-state index contributed by atoms with van der Waals surface area (Å²) in [5, 5.41) is 0. The lowest BCUT2D eigenvalue weighted by Crippen LogP contribution is -2.45. The molecule has 5 nitrogen and oxygen atoms in total. The highest BCUT2D eigenvalue weighted by Crippen LogP contribution is 2.33. The molecule has 0 saturated carbocycles. The molecule has 1 spiro atoms. The first-order chi connectivity index (χ1) is 10.7. The quantitative estimate of drug-likeness (QED) is 0.840. The Morgan fingerprint density at radius 3 is 3.14 bits per heavy atom. The molecule has 1 aromatic heterocycles. The highest BCUT2D eigenvalue weighted by molar-refractivity contribution is 5.08. The van der Waals surface area contributed by atoms with Gasteiger partial charge < -0.3 is 14.4 Å². The summed E-state index contributed by atoms with van der Waals surface area (Å²) in [6.45, 7) is 5.32. The molecule has 0 radical (unpaired) electrons. The van der Waals surface area contributed by atoms with Crippen molar-refractivity contribution in [3.63, 3.8) is 0 Å². The molecule has 0 N–H and O–H groups in total. The van der Waals surface area contributed by atoms with Crippen LogP contribution in [0.5, 0.6) is 0 Å². The zero-order valence-corrected chi connectivity index (χ0v) is 13.7. The van der Waals surface area contributed by atoms with Gasteiger partial charge in [-0.1, -0.05) is 6.07 Å². The Kier molecular flexibility index (Phi) is 5.08. The standard InChI is InChI=1S/C17H27N3O2/c1-19(2)12-16-5-6-17(22-16)13-20(8-9-21-14-17)11-15-4-3-7-18-10-15/h3-4,7,10,16H,5-6,8-9,11-14H2,1-2H3/t16-,17-/m1/s1. The van der Waals surface area contributed by atoms with E-state index in [9.17, 15) is 0 Å². The van der Waals surface area contributed by atoms with Gasteiger partial charge in [-0.2, -0.15) is 0 Å². The molecule has 122 valence electrons. The van der Waals surface area contributed by atoms with Crippen molar-refractivity contribution in [1.82, 2.24) is 14.8 Å². The molecule has 3 rings (SSSR count). The van der Waals surface area contributed by atoms with Crippen LogP contribution in [0, 0.1) is 0 Å². The molecular formula is C17H27N3O2. The summed E-state index contributed by atoms with van der Waals surface area (Å²) < 4.78 is 12.3. The van der Waals surface area contributed by atoms with E-state index < -0.39 is 0 Å². The summed E-state index contributed by atoms with van der Waals surface area (Å²) in [4.78, 5) is 8.86. The minimum atomic E-state index is -0.126. The van der Waals surface area contributed by atoms with Gasteiger partial charge >= 0.3 is 0 Å². The van der Waals surface area contributed by atoms with Crippen molar-refractivity contribution < 1.29 is 9.47 Å². The molecule has 22 heavy (non-hydrogen) atoms. The maximum atomic E-state index is 6.42. The van der Waals surface area contributed by atoms with E-state index in [0.29, 0.717) is 6.10 Å². The minimum absolute atomic E-state index is 0.126. The van der Waals surface area contributed by atoms with Gasteiger partial charge in [0.1, 0.15) is 5.60 Å². The fourth-order valence-corrected chi connectivity index (χ4v) is 3.52. The normalized spacial score (nSPS) is 30.0. The minimum Gasteiger partial charge on any atom is -0.377 e. The molecule has 2 aliphatic heterocycles. The summed E-state index contributed by atoms with van der Waals surface area (Å²) in [5.74, 6) is 0. The molecule has 2 aliphatic rings. The molecule has 2 saturated heterocycles. The molecule has 5 heteroatoms. The summed E-state index contributed by atoms with van der Waals surface area (Å²) in [7, 11) is 4.21. The summed E-state index contributed by atoms with van der Waals surface area (Å²) in [6, 6.07) is 4.13. The van der Waals surface area contributed by atoms with Crippen LogP contribution in [0.3, 0.4) is 0 Å². The van der Waals surface area contributed by atoms with Crippen molar-refractivity contribution in [1.29, 1.82) is 0 Å². The van der Waals surface area contributed by atoms with Crippen LogP contribution in [0.1, 0.15) is 18.4 Å².